The van der Waals surface area contributed by atoms with Crippen LogP contribution in [0.1, 0.15) is 0 Å². The Labute approximate surface area is 109 Å². The maximum absolute atomic E-state index is 9.77. The van der Waals surface area contributed by atoms with E-state index >= 15 is 0 Å². The van der Waals surface area contributed by atoms with Crippen molar-refractivity contribution in [1.29, 1.82) is 0 Å². The van der Waals surface area contributed by atoms with Crippen LogP contribution in [0.5, 0.6) is 5.75 Å². The lowest BCUT2D eigenvalue weighted by Crippen LogP contribution is -2.60. The molecule has 1 aliphatic rings. The van der Waals surface area contributed by atoms with Crippen molar-refractivity contribution in [3.63, 3.8) is 0 Å². The minimum Gasteiger partial charge on any atom is -0.462 e. The normalized spacial score (nSPS) is 35.1. The van der Waals surface area contributed by atoms with Gasteiger partial charge >= 0.3 is 0 Å². The van der Waals surface area contributed by atoms with E-state index in [1.54, 1.807) is 24.3 Å². The lowest BCUT2D eigenvalue weighted by Gasteiger charge is -2.39. The molecule has 5 atom stereocenters. The molecule has 2 rings (SSSR count). The molecule has 0 amide bonds. The Morgan fingerprint density at radius 3 is 2.26 bits per heavy atom. The highest BCUT2D eigenvalue weighted by atomic mass is 16.7. The molecule has 1 saturated heterocycles. The van der Waals surface area contributed by atoms with Crippen LogP contribution in [0.3, 0.4) is 0 Å². The number of anilines is 1. The number of aliphatic hydroxyl groups excluding tert-OH is 4. The molecule has 2 unspecified atom stereocenters. The first-order valence-electron chi connectivity index (χ1n) is 5.85. The average Bonchev–Trinajstić information content (AvgIpc) is 2.42. The third-order valence-electron chi connectivity index (χ3n) is 2.98. The topological polar surface area (TPSA) is 125 Å². The van der Waals surface area contributed by atoms with Crippen LogP contribution < -0.4 is 10.5 Å². The van der Waals surface area contributed by atoms with Crippen molar-refractivity contribution in [2.45, 2.75) is 30.7 Å². The first-order chi connectivity index (χ1) is 9.02. The number of nitrogens with two attached hydrogens (primary N) is 1. The van der Waals surface area contributed by atoms with Gasteiger partial charge in [-0.2, -0.15) is 0 Å². The largest absolute Gasteiger partial charge is 0.462 e. The maximum Gasteiger partial charge on any atom is 0.229 e. The van der Waals surface area contributed by atoms with E-state index in [9.17, 15) is 15.3 Å². The number of hydrogen-bond donors (Lipinski definition) is 5. The predicted molar refractivity (Wildman–Crippen MR) is 65.2 cm³/mol. The maximum atomic E-state index is 9.77. The fourth-order valence-electron chi connectivity index (χ4n) is 1.85. The predicted octanol–water partition coefficient (Wildman–Crippen LogP) is -1.55. The first-order valence-corrected chi connectivity index (χ1v) is 5.85. The molecule has 0 aliphatic carbocycles. The number of aliphatic hydroxyl groups is 4. The zero-order valence-corrected chi connectivity index (χ0v) is 10.1. The van der Waals surface area contributed by atoms with Crippen molar-refractivity contribution in [3.05, 3.63) is 24.3 Å². The Bertz CT molecular complexity index is 409. The molecule has 7 heteroatoms. The Balaban J connectivity index is 2.08. The number of hydrogen-bond acceptors (Lipinski definition) is 7. The van der Waals surface area contributed by atoms with Gasteiger partial charge in [0.2, 0.25) is 6.29 Å². The summed E-state index contributed by atoms with van der Waals surface area (Å²) in [5.74, 6) is 0.388. The van der Waals surface area contributed by atoms with Crippen LogP contribution in [0.15, 0.2) is 24.3 Å². The quantitative estimate of drug-likeness (QED) is 0.421. The van der Waals surface area contributed by atoms with Gasteiger partial charge in [0.05, 0.1) is 6.61 Å². The van der Waals surface area contributed by atoms with Gasteiger partial charge < -0.3 is 35.6 Å². The number of benzene rings is 1. The van der Waals surface area contributed by atoms with Crippen LogP contribution >= 0.6 is 0 Å². The van der Waals surface area contributed by atoms with Crippen molar-refractivity contribution in [1.82, 2.24) is 0 Å². The summed E-state index contributed by atoms with van der Waals surface area (Å²) in [6.45, 7) is -0.494. The number of nitrogen functional groups attached to an aromatic ring is 1. The van der Waals surface area contributed by atoms with Crippen molar-refractivity contribution in [3.8, 4) is 5.75 Å². The molecule has 1 aromatic rings. The fraction of sp³-hybridized carbons (Fsp3) is 0.500. The molecule has 0 radical (unpaired) electrons. The zero-order valence-electron chi connectivity index (χ0n) is 10.1. The lowest BCUT2D eigenvalue weighted by atomic mass is 9.99. The van der Waals surface area contributed by atoms with Gasteiger partial charge in [-0.25, -0.2) is 0 Å². The van der Waals surface area contributed by atoms with Crippen LogP contribution in [-0.2, 0) is 4.74 Å². The van der Waals surface area contributed by atoms with Crippen molar-refractivity contribution < 1.29 is 29.9 Å². The summed E-state index contributed by atoms with van der Waals surface area (Å²) in [5, 5.41) is 38.0. The molecule has 19 heavy (non-hydrogen) atoms. The third-order valence-corrected chi connectivity index (χ3v) is 2.98. The standard InChI is InChI=1S/C12H17NO6/c13-6-1-3-7(4-2-6)18-12-11(17)10(16)9(15)8(5-14)19-12/h1-4,8-12,14-17H,5,13H2/t8?,9-,10-,11?,12+/m0/s1. The second kappa shape index (κ2) is 5.72. The van der Waals surface area contributed by atoms with Gasteiger partial charge in [0, 0.05) is 5.69 Å². The SMILES string of the molecule is Nc1ccc(O[C@@H]2OC(CO)[C@H](O)[C@H](O)C2O)cc1. The van der Waals surface area contributed by atoms with Crippen LogP contribution in [0.2, 0.25) is 0 Å². The smallest absolute Gasteiger partial charge is 0.229 e. The van der Waals surface area contributed by atoms with E-state index in [1.165, 1.54) is 0 Å². The molecule has 7 nitrogen and oxygen atoms in total. The molecule has 106 valence electrons. The monoisotopic (exact) mass is 271 g/mol. The van der Waals surface area contributed by atoms with Crippen LogP contribution in [0, 0.1) is 0 Å². The van der Waals surface area contributed by atoms with Crippen LogP contribution in [0.25, 0.3) is 0 Å². The second-order valence-electron chi connectivity index (χ2n) is 4.38. The Hall–Kier alpha value is -1.38. The van der Waals surface area contributed by atoms with Gasteiger partial charge in [0.15, 0.2) is 0 Å². The first kappa shape index (κ1) is 14.0. The minimum atomic E-state index is -1.45. The summed E-state index contributed by atoms with van der Waals surface area (Å²) in [4.78, 5) is 0. The van der Waals surface area contributed by atoms with Crippen molar-refractivity contribution >= 4 is 5.69 Å². The second-order valence-corrected chi connectivity index (χ2v) is 4.38. The van der Waals surface area contributed by atoms with E-state index in [-0.39, 0.29) is 0 Å². The van der Waals surface area contributed by atoms with Crippen LogP contribution in [0.4, 0.5) is 5.69 Å². The molecule has 0 aromatic heterocycles. The summed E-state index contributed by atoms with van der Waals surface area (Å²) >= 11 is 0. The lowest BCUT2D eigenvalue weighted by molar-refractivity contribution is -0.277. The van der Waals surface area contributed by atoms with Crippen molar-refractivity contribution in [2.75, 3.05) is 12.3 Å². The molecule has 1 aromatic carbocycles. The number of rotatable bonds is 3. The van der Waals surface area contributed by atoms with Gasteiger partial charge in [-0.1, -0.05) is 0 Å². The minimum absolute atomic E-state index is 0.388. The molecule has 0 spiro atoms. The van der Waals surface area contributed by atoms with Gasteiger partial charge in [-0.15, -0.1) is 0 Å². The molecule has 6 N–H and O–H groups in total. The van der Waals surface area contributed by atoms with Gasteiger partial charge in [-0.05, 0) is 24.3 Å². The van der Waals surface area contributed by atoms with Crippen molar-refractivity contribution in [2.24, 2.45) is 0 Å². The third kappa shape index (κ3) is 2.96. The zero-order chi connectivity index (χ0) is 14.0. The van der Waals surface area contributed by atoms with Crippen LogP contribution in [-0.4, -0.2) is 57.7 Å². The summed E-state index contributed by atoms with van der Waals surface area (Å²) < 4.78 is 10.6. The Morgan fingerprint density at radius 1 is 1.05 bits per heavy atom. The van der Waals surface area contributed by atoms with E-state index < -0.39 is 37.3 Å². The summed E-state index contributed by atoms with van der Waals surface area (Å²) in [6.07, 6.45) is -6.44. The highest BCUT2D eigenvalue weighted by Crippen LogP contribution is 2.24. The Kier molecular flexibility index (Phi) is 4.23. The fourth-order valence-corrected chi connectivity index (χ4v) is 1.85. The van der Waals surface area contributed by atoms with E-state index in [2.05, 4.69) is 0 Å². The van der Waals surface area contributed by atoms with E-state index in [0.29, 0.717) is 11.4 Å². The highest BCUT2D eigenvalue weighted by Gasteiger charge is 2.44. The molecule has 0 bridgehead atoms. The van der Waals surface area contributed by atoms with E-state index in [4.69, 9.17) is 20.3 Å². The van der Waals surface area contributed by atoms with E-state index in [0.717, 1.165) is 0 Å². The molecule has 1 heterocycles. The Morgan fingerprint density at radius 2 is 1.68 bits per heavy atom. The molecular formula is C12H17NO6. The molecular weight excluding hydrogens is 254 g/mol. The number of ether oxygens (including phenoxy) is 2. The van der Waals surface area contributed by atoms with Gasteiger partial charge in [0.1, 0.15) is 30.2 Å². The van der Waals surface area contributed by atoms with E-state index in [1.807, 2.05) is 0 Å². The summed E-state index contributed by atoms with van der Waals surface area (Å²) in [6, 6.07) is 6.38. The molecule has 0 saturated carbocycles. The molecule has 1 aliphatic heterocycles. The highest BCUT2D eigenvalue weighted by molar-refractivity contribution is 5.41. The summed E-state index contributed by atoms with van der Waals surface area (Å²) in [5.41, 5.74) is 6.09. The summed E-state index contributed by atoms with van der Waals surface area (Å²) in [7, 11) is 0. The molecule has 1 fully saturated rings. The van der Waals surface area contributed by atoms with Gasteiger partial charge in [0.25, 0.3) is 0 Å². The average molecular weight is 271 g/mol. The van der Waals surface area contributed by atoms with Gasteiger partial charge in [-0.3, -0.25) is 0 Å².